The second kappa shape index (κ2) is 7.75. The number of hydrogen-bond acceptors (Lipinski definition) is 6. The van der Waals surface area contributed by atoms with Crippen molar-refractivity contribution in [2.75, 3.05) is 58.1 Å². The average Bonchev–Trinajstić information content (AvgIpc) is 2.50. The largest absolute Gasteiger partial charge is 0.378 e. The van der Waals surface area contributed by atoms with Gasteiger partial charge in [0.2, 0.25) is 5.95 Å². The summed E-state index contributed by atoms with van der Waals surface area (Å²) in [5, 5.41) is 7.32. The molecule has 6 nitrogen and oxygen atoms in total. The molecule has 1 heterocycles. The molecule has 0 radical (unpaired) electrons. The highest BCUT2D eigenvalue weighted by Crippen LogP contribution is 2.21. The fourth-order valence-electron chi connectivity index (χ4n) is 1.91. The summed E-state index contributed by atoms with van der Waals surface area (Å²) in [5.41, 5.74) is 0.924. The maximum atomic E-state index is 5.57. The Labute approximate surface area is 125 Å². The molecule has 21 heavy (non-hydrogen) atoms. The minimum atomic E-state index is 0.615. The van der Waals surface area contributed by atoms with Crippen LogP contribution in [0.5, 0.6) is 0 Å². The van der Waals surface area contributed by atoms with Crippen molar-refractivity contribution in [1.29, 1.82) is 0 Å². The van der Waals surface area contributed by atoms with Gasteiger partial charge in [-0.3, -0.25) is 0 Å². The molecular weight excluding hydrogens is 266 g/mol. The molecule has 1 aromatic heterocycles. The highest BCUT2D eigenvalue weighted by atomic mass is 16.5. The topological polar surface area (TPSA) is 62.3 Å². The number of aromatic nitrogens is 2. The molecule has 1 aromatic carbocycles. The standard InChI is InChI=1S/C15H23N5O/c1-16-15-18-13-7-5-4-6-12(13)14(19-15)17-8-10-21-11-9-20(2)3/h4-7H,8-11H2,1-3H3,(H2,16,17,18,19). The smallest absolute Gasteiger partial charge is 0.224 e. The highest BCUT2D eigenvalue weighted by molar-refractivity contribution is 5.89. The molecule has 0 aliphatic carbocycles. The van der Waals surface area contributed by atoms with Crippen LogP contribution >= 0.6 is 0 Å². The summed E-state index contributed by atoms with van der Waals surface area (Å²) in [5.74, 6) is 1.45. The molecule has 0 fully saturated rings. The Morgan fingerprint density at radius 2 is 1.95 bits per heavy atom. The number of fused-ring (bicyclic) bond motifs is 1. The third-order valence-corrected chi connectivity index (χ3v) is 3.05. The van der Waals surface area contributed by atoms with Crippen LogP contribution in [0, 0.1) is 0 Å². The number of likely N-dealkylation sites (N-methyl/N-ethyl adjacent to an activating group) is 1. The van der Waals surface area contributed by atoms with Gasteiger partial charge in [-0.25, -0.2) is 4.98 Å². The van der Waals surface area contributed by atoms with E-state index in [0.29, 0.717) is 12.6 Å². The van der Waals surface area contributed by atoms with Crippen LogP contribution in [-0.4, -0.2) is 62.3 Å². The number of anilines is 2. The molecule has 0 aliphatic heterocycles. The van der Waals surface area contributed by atoms with Gasteiger partial charge in [-0.1, -0.05) is 12.1 Å². The van der Waals surface area contributed by atoms with E-state index in [1.54, 1.807) is 0 Å². The Morgan fingerprint density at radius 1 is 1.14 bits per heavy atom. The first kappa shape index (κ1) is 15.5. The lowest BCUT2D eigenvalue weighted by molar-refractivity contribution is 0.126. The number of nitrogens with one attached hydrogen (secondary N) is 2. The van der Waals surface area contributed by atoms with Crippen LogP contribution in [0.25, 0.3) is 10.9 Å². The zero-order chi connectivity index (χ0) is 15.1. The number of benzene rings is 1. The monoisotopic (exact) mass is 289 g/mol. The number of rotatable bonds is 8. The summed E-state index contributed by atoms with van der Waals surface area (Å²) in [6.45, 7) is 3.04. The molecule has 0 spiro atoms. The van der Waals surface area contributed by atoms with Crippen LogP contribution in [0.15, 0.2) is 24.3 Å². The first-order valence-electron chi connectivity index (χ1n) is 7.11. The summed E-state index contributed by atoms with van der Waals surface area (Å²) in [4.78, 5) is 11.0. The Hall–Kier alpha value is -1.92. The molecule has 0 unspecified atom stereocenters. The second-order valence-electron chi connectivity index (χ2n) is 5.01. The fourth-order valence-corrected chi connectivity index (χ4v) is 1.91. The van der Waals surface area contributed by atoms with Gasteiger partial charge >= 0.3 is 0 Å². The second-order valence-corrected chi connectivity index (χ2v) is 5.01. The van der Waals surface area contributed by atoms with Gasteiger partial charge in [-0.05, 0) is 26.2 Å². The molecule has 0 amide bonds. The summed E-state index contributed by atoms with van der Waals surface area (Å²) in [7, 11) is 5.89. The minimum absolute atomic E-state index is 0.615. The third-order valence-electron chi connectivity index (χ3n) is 3.05. The molecule has 114 valence electrons. The number of hydrogen-bond donors (Lipinski definition) is 2. The van der Waals surface area contributed by atoms with Gasteiger partial charge in [0.05, 0.1) is 18.7 Å². The molecule has 2 N–H and O–H groups in total. The van der Waals surface area contributed by atoms with Crippen LogP contribution in [-0.2, 0) is 4.74 Å². The SMILES string of the molecule is CNc1nc(NCCOCCN(C)C)c2ccccc2n1. The van der Waals surface area contributed by atoms with Crippen molar-refractivity contribution in [1.82, 2.24) is 14.9 Å². The van der Waals surface area contributed by atoms with Crippen molar-refractivity contribution in [2.24, 2.45) is 0 Å². The van der Waals surface area contributed by atoms with Gasteiger partial charge in [-0.15, -0.1) is 0 Å². The lowest BCUT2D eigenvalue weighted by atomic mass is 10.2. The number of para-hydroxylation sites is 1. The van der Waals surface area contributed by atoms with E-state index < -0.39 is 0 Å². The van der Waals surface area contributed by atoms with E-state index in [4.69, 9.17) is 4.74 Å². The van der Waals surface area contributed by atoms with Crippen LogP contribution in [0.1, 0.15) is 0 Å². The zero-order valence-corrected chi connectivity index (χ0v) is 12.9. The van der Waals surface area contributed by atoms with E-state index >= 15 is 0 Å². The summed E-state index contributed by atoms with van der Waals surface area (Å²) >= 11 is 0. The maximum absolute atomic E-state index is 5.57. The van der Waals surface area contributed by atoms with E-state index in [1.165, 1.54) is 0 Å². The molecule has 0 saturated heterocycles. The Morgan fingerprint density at radius 3 is 2.71 bits per heavy atom. The molecule has 0 bridgehead atoms. The molecule has 0 saturated carbocycles. The van der Waals surface area contributed by atoms with E-state index in [9.17, 15) is 0 Å². The molecule has 0 atom stereocenters. The van der Waals surface area contributed by atoms with Crippen molar-refractivity contribution in [2.45, 2.75) is 0 Å². The highest BCUT2D eigenvalue weighted by Gasteiger charge is 2.05. The van der Waals surface area contributed by atoms with Crippen LogP contribution < -0.4 is 10.6 Å². The molecule has 2 rings (SSSR count). The average molecular weight is 289 g/mol. The van der Waals surface area contributed by atoms with E-state index in [0.717, 1.165) is 36.4 Å². The Kier molecular flexibility index (Phi) is 5.71. The van der Waals surface area contributed by atoms with Gasteiger partial charge in [-0.2, -0.15) is 4.98 Å². The summed E-state index contributed by atoms with van der Waals surface area (Å²) < 4.78 is 5.57. The summed E-state index contributed by atoms with van der Waals surface area (Å²) in [6.07, 6.45) is 0. The van der Waals surface area contributed by atoms with Crippen LogP contribution in [0.2, 0.25) is 0 Å². The quantitative estimate of drug-likeness (QED) is 0.721. The van der Waals surface area contributed by atoms with Gasteiger partial charge < -0.3 is 20.3 Å². The third kappa shape index (κ3) is 4.54. The lowest BCUT2D eigenvalue weighted by Crippen LogP contribution is -2.20. The predicted molar refractivity (Wildman–Crippen MR) is 86.9 cm³/mol. The van der Waals surface area contributed by atoms with Gasteiger partial charge in [0.1, 0.15) is 5.82 Å². The first-order chi connectivity index (χ1) is 10.2. The Bertz CT molecular complexity index is 573. The van der Waals surface area contributed by atoms with Gasteiger partial charge in [0.25, 0.3) is 0 Å². The number of nitrogens with zero attached hydrogens (tertiary/aromatic N) is 3. The van der Waals surface area contributed by atoms with Crippen molar-refractivity contribution in [3.8, 4) is 0 Å². The zero-order valence-electron chi connectivity index (χ0n) is 12.9. The lowest BCUT2D eigenvalue weighted by Gasteiger charge is -2.12. The minimum Gasteiger partial charge on any atom is -0.378 e. The fraction of sp³-hybridized carbons (Fsp3) is 0.467. The number of ether oxygens (including phenoxy) is 1. The van der Waals surface area contributed by atoms with Crippen molar-refractivity contribution in [3.05, 3.63) is 24.3 Å². The van der Waals surface area contributed by atoms with Crippen molar-refractivity contribution in [3.63, 3.8) is 0 Å². The molecular formula is C15H23N5O. The maximum Gasteiger partial charge on any atom is 0.224 e. The first-order valence-corrected chi connectivity index (χ1v) is 7.11. The van der Waals surface area contributed by atoms with Crippen molar-refractivity contribution >= 4 is 22.7 Å². The van der Waals surface area contributed by atoms with E-state index in [1.807, 2.05) is 45.4 Å². The predicted octanol–water partition coefficient (Wildman–Crippen LogP) is 1.66. The van der Waals surface area contributed by atoms with Crippen LogP contribution in [0.4, 0.5) is 11.8 Å². The van der Waals surface area contributed by atoms with Crippen molar-refractivity contribution < 1.29 is 4.74 Å². The molecule has 6 heteroatoms. The summed E-state index contributed by atoms with van der Waals surface area (Å²) in [6, 6.07) is 7.97. The van der Waals surface area contributed by atoms with Crippen LogP contribution in [0.3, 0.4) is 0 Å². The van der Waals surface area contributed by atoms with Gasteiger partial charge in [0, 0.05) is 25.5 Å². The molecule has 2 aromatic rings. The normalized spacial score (nSPS) is 11.0. The molecule has 0 aliphatic rings. The van der Waals surface area contributed by atoms with E-state index in [2.05, 4.69) is 25.5 Å². The Balaban J connectivity index is 1.94. The van der Waals surface area contributed by atoms with Gasteiger partial charge in [0.15, 0.2) is 0 Å². The van der Waals surface area contributed by atoms with E-state index in [-0.39, 0.29) is 0 Å².